The number of aromatic amines is 1. The Morgan fingerprint density at radius 3 is 1.93 bits per heavy atom. The van der Waals surface area contributed by atoms with Crippen LogP contribution in [0.15, 0.2) is 30.5 Å². The minimum absolute atomic E-state index is 0.106. The number of aliphatic carboxylic acids is 1. The lowest BCUT2D eigenvalue weighted by molar-refractivity contribution is -0.142. The minimum Gasteiger partial charge on any atom is -0.480 e. The number of rotatable bonds is 17. The van der Waals surface area contributed by atoms with Gasteiger partial charge in [-0.2, -0.15) is 0 Å². The largest absolute Gasteiger partial charge is 0.480 e. The standard InChI is InChI=1S/C25H34N8O8/c26-14(5-7-19(27)34)22(37)32-17(10-21(29)36)24(39)31-16(6-8-20(28)35)23(38)33-18(25(40)41)9-12-11-30-15-4-2-1-3-13(12)15/h1-4,11,14,16-18,30H,5-10,26H2,(H2,27,34)(H2,28,35)(H2,29,36)(H,31,39)(H,32,37)(H,33,38)(H,40,41). The zero-order valence-electron chi connectivity index (χ0n) is 22.1. The highest BCUT2D eigenvalue weighted by Crippen LogP contribution is 2.19. The van der Waals surface area contributed by atoms with E-state index < -0.39 is 72.0 Å². The van der Waals surface area contributed by atoms with Gasteiger partial charge in [-0.1, -0.05) is 18.2 Å². The van der Waals surface area contributed by atoms with Crippen LogP contribution in [0.5, 0.6) is 0 Å². The number of nitrogens with one attached hydrogen (secondary N) is 4. The number of amides is 6. The molecule has 0 saturated carbocycles. The van der Waals surface area contributed by atoms with Crippen molar-refractivity contribution in [2.75, 3.05) is 0 Å². The molecular weight excluding hydrogens is 540 g/mol. The van der Waals surface area contributed by atoms with Crippen LogP contribution in [0.1, 0.15) is 37.7 Å². The third kappa shape index (κ3) is 10.2. The zero-order valence-corrected chi connectivity index (χ0v) is 22.1. The molecule has 41 heavy (non-hydrogen) atoms. The summed E-state index contributed by atoms with van der Waals surface area (Å²) in [5.41, 5.74) is 22.5. The minimum atomic E-state index is -1.58. The van der Waals surface area contributed by atoms with Crippen LogP contribution in [0.3, 0.4) is 0 Å². The van der Waals surface area contributed by atoms with E-state index in [0.717, 1.165) is 10.9 Å². The number of hydrogen-bond acceptors (Lipinski definition) is 8. The van der Waals surface area contributed by atoms with Crippen molar-refractivity contribution in [1.82, 2.24) is 20.9 Å². The van der Waals surface area contributed by atoms with Crippen molar-refractivity contribution in [3.05, 3.63) is 36.0 Å². The predicted molar refractivity (Wildman–Crippen MR) is 144 cm³/mol. The number of carboxylic acids is 1. The zero-order chi connectivity index (χ0) is 30.7. The summed E-state index contributed by atoms with van der Waals surface area (Å²) in [5.74, 6) is -6.70. The molecule has 2 rings (SSSR count). The van der Waals surface area contributed by atoms with Crippen LogP contribution in [-0.4, -0.2) is 75.7 Å². The van der Waals surface area contributed by atoms with Gasteiger partial charge in [-0.05, 0) is 24.5 Å². The quantitative estimate of drug-likeness (QED) is 0.0927. The van der Waals surface area contributed by atoms with Crippen molar-refractivity contribution < 1.29 is 38.7 Å². The molecule has 16 heteroatoms. The van der Waals surface area contributed by atoms with Crippen molar-refractivity contribution in [3.8, 4) is 0 Å². The number of nitrogens with two attached hydrogens (primary N) is 4. The molecule has 0 bridgehead atoms. The summed E-state index contributed by atoms with van der Waals surface area (Å²) in [6, 6.07) is 1.43. The van der Waals surface area contributed by atoms with Crippen LogP contribution in [0, 0.1) is 0 Å². The van der Waals surface area contributed by atoms with Gasteiger partial charge in [-0.15, -0.1) is 0 Å². The monoisotopic (exact) mass is 574 g/mol. The fourth-order valence-corrected chi connectivity index (χ4v) is 3.94. The van der Waals surface area contributed by atoms with E-state index in [-0.39, 0.29) is 32.1 Å². The number of para-hydroxylation sites is 1. The number of carbonyl (C=O) groups excluding carboxylic acids is 6. The van der Waals surface area contributed by atoms with Gasteiger partial charge in [0.05, 0.1) is 12.5 Å². The molecule has 222 valence electrons. The van der Waals surface area contributed by atoms with Gasteiger partial charge < -0.3 is 49.0 Å². The molecule has 0 aliphatic carbocycles. The van der Waals surface area contributed by atoms with Crippen LogP contribution >= 0.6 is 0 Å². The van der Waals surface area contributed by atoms with E-state index in [1.165, 1.54) is 0 Å². The van der Waals surface area contributed by atoms with Crippen LogP contribution in [0.25, 0.3) is 10.9 Å². The second kappa shape index (κ2) is 15.0. The van der Waals surface area contributed by atoms with Crippen LogP contribution in [-0.2, 0) is 40.0 Å². The van der Waals surface area contributed by atoms with Crippen LogP contribution in [0.4, 0.5) is 0 Å². The Kier molecular flexibility index (Phi) is 11.8. The van der Waals surface area contributed by atoms with E-state index in [4.69, 9.17) is 22.9 Å². The van der Waals surface area contributed by atoms with Gasteiger partial charge in [0.15, 0.2) is 0 Å². The molecule has 0 spiro atoms. The Balaban J connectivity index is 2.19. The van der Waals surface area contributed by atoms with Gasteiger partial charge in [0.2, 0.25) is 35.4 Å². The average molecular weight is 575 g/mol. The van der Waals surface area contributed by atoms with Crippen molar-refractivity contribution >= 4 is 52.3 Å². The molecule has 4 atom stereocenters. The molecule has 1 heterocycles. The van der Waals surface area contributed by atoms with Gasteiger partial charge in [-0.3, -0.25) is 28.8 Å². The third-order valence-corrected chi connectivity index (χ3v) is 6.10. The molecule has 0 radical (unpaired) electrons. The van der Waals surface area contributed by atoms with Gasteiger partial charge in [0.1, 0.15) is 18.1 Å². The summed E-state index contributed by atoms with van der Waals surface area (Å²) in [7, 11) is 0. The van der Waals surface area contributed by atoms with E-state index in [1.54, 1.807) is 30.5 Å². The summed E-state index contributed by atoms with van der Waals surface area (Å²) >= 11 is 0. The highest BCUT2D eigenvalue weighted by atomic mass is 16.4. The first-order valence-corrected chi connectivity index (χ1v) is 12.6. The highest BCUT2D eigenvalue weighted by molar-refractivity contribution is 5.96. The Hall–Kier alpha value is -4.99. The molecule has 1 aromatic carbocycles. The summed E-state index contributed by atoms with van der Waals surface area (Å²) in [6.07, 6.45) is -0.189. The Morgan fingerprint density at radius 2 is 1.32 bits per heavy atom. The van der Waals surface area contributed by atoms with Crippen LogP contribution < -0.4 is 38.9 Å². The summed E-state index contributed by atoms with van der Waals surface area (Å²) in [4.78, 5) is 87.5. The Morgan fingerprint density at radius 1 is 0.756 bits per heavy atom. The first-order chi connectivity index (χ1) is 19.3. The molecular formula is C25H34N8O8. The summed E-state index contributed by atoms with van der Waals surface area (Å²) in [5, 5.41) is 17.4. The van der Waals surface area contributed by atoms with Gasteiger partial charge in [0, 0.05) is 36.4 Å². The number of carbonyl (C=O) groups is 7. The molecule has 6 amide bonds. The van der Waals surface area contributed by atoms with E-state index in [2.05, 4.69) is 20.9 Å². The van der Waals surface area contributed by atoms with Crippen molar-refractivity contribution in [2.24, 2.45) is 22.9 Å². The first-order valence-electron chi connectivity index (χ1n) is 12.6. The highest BCUT2D eigenvalue weighted by Gasteiger charge is 2.31. The number of hydrogen-bond donors (Lipinski definition) is 9. The maximum Gasteiger partial charge on any atom is 0.326 e. The molecule has 0 aliphatic rings. The predicted octanol–water partition coefficient (Wildman–Crippen LogP) is -3.02. The second-order valence-corrected chi connectivity index (χ2v) is 9.37. The lowest BCUT2D eigenvalue weighted by Gasteiger charge is -2.24. The molecule has 1 aromatic heterocycles. The molecule has 16 nitrogen and oxygen atoms in total. The normalized spacial score (nSPS) is 13.8. The topological polar surface area (TPSA) is 296 Å². The first kappa shape index (κ1) is 32.2. The fraction of sp³-hybridized carbons (Fsp3) is 0.400. The molecule has 2 aromatic rings. The molecule has 13 N–H and O–H groups in total. The number of primary amides is 3. The maximum absolute atomic E-state index is 13.1. The van der Waals surface area contributed by atoms with E-state index in [0.29, 0.717) is 5.56 Å². The SMILES string of the molecule is NC(=O)CCC(N)C(=O)NC(CC(N)=O)C(=O)NC(CCC(N)=O)C(=O)NC(Cc1c[nH]c2ccccc12)C(=O)O. The van der Waals surface area contributed by atoms with Gasteiger partial charge in [0.25, 0.3) is 0 Å². The molecule has 0 aliphatic heterocycles. The number of fused-ring (bicyclic) bond motifs is 1. The average Bonchev–Trinajstić information content (AvgIpc) is 3.30. The van der Waals surface area contributed by atoms with E-state index >= 15 is 0 Å². The number of benzene rings is 1. The molecule has 0 fully saturated rings. The van der Waals surface area contributed by atoms with E-state index in [9.17, 15) is 38.7 Å². The molecule has 4 unspecified atom stereocenters. The molecule has 0 saturated heterocycles. The smallest absolute Gasteiger partial charge is 0.326 e. The number of H-pyrrole nitrogens is 1. The van der Waals surface area contributed by atoms with E-state index in [1.807, 2.05) is 0 Å². The van der Waals surface area contributed by atoms with Gasteiger partial charge >= 0.3 is 5.97 Å². The third-order valence-electron chi connectivity index (χ3n) is 6.10. The summed E-state index contributed by atoms with van der Waals surface area (Å²) in [6.45, 7) is 0. The van der Waals surface area contributed by atoms with Crippen LogP contribution in [0.2, 0.25) is 0 Å². The number of aromatic nitrogens is 1. The fourth-order valence-electron chi connectivity index (χ4n) is 3.94. The Labute approximate surface area is 233 Å². The van der Waals surface area contributed by atoms with Crippen molar-refractivity contribution in [2.45, 2.75) is 62.7 Å². The Bertz CT molecular complexity index is 1310. The lowest BCUT2D eigenvalue weighted by Crippen LogP contribution is -2.58. The second-order valence-electron chi connectivity index (χ2n) is 9.37. The number of carboxylic acid groups (broad SMARTS) is 1. The maximum atomic E-state index is 13.1. The summed E-state index contributed by atoms with van der Waals surface area (Å²) < 4.78 is 0. The van der Waals surface area contributed by atoms with Gasteiger partial charge in [-0.25, -0.2) is 4.79 Å². The lowest BCUT2D eigenvalue weighted by atomic mass is 10.0. The van der Waals surface area contributed by atoms with Crippen molar-refractivity contribution in [1.29, 1.82) is 0 Å². The van der Waals surface area contributed by atoms with Crippen molar-refractivity contribution in [3.63, 3.8) is 0 Å².